The molecule has 0 aliphatic heterocycles. The summed E-state index contributed by atoms with van der Waals surface area (Å²) in [6.45, 7) is 1.80. The number of carbonyl (C=O) groups excluding carboxylic acids is 1. The summed E-state index contributed by atoms with van der Waals surface area (Å²) in [6.07, 6.45) is 0. The number of ether oxygens (including phenoxy) is 2. The number of thiazole rings is 1. The number of halogens is 1. The van der Waals surface area contributed by atoms with Gasteiger partial charge in [-0.1, -0.05) is 23.5 Å². The molecule has 4 rings (SSSR count). The summed E-state index contributed by atoms with van der Waals surface area (Å²) in [4.78, 5) is 17.3. The lowest BCUT2D eigenvalue weighted by Gasteiger charge is -2.12. The summed E-state index contributed by atoms with van der Waals surface area (Å²) in [5, 5.41) is 7.68. The molecule has 0 atom stereocenters. The van der Waals surface area contributed by atoms with Crippen LogP contribution in [0.3, 0.4) is 0 Å². The maximum atomic E-state index is 14.0. The van der Waals surface area contributed by atoms with Crippen LogP contribution in [0.15, 0.2) is 42.5 Å². The summed E-state index contributed by atoms with van der Waals surface area (Å²) < 4.78 is 26.8. The molecule has 2 aromatic heterocycles. The molecule has 4 aromatic rings. The molecule has 0 fully saturated rings. The lowest BCUT2D eigenvalue weighted by atomic mass is 10.1. The zero-order valence-electron chi connectivity index (χ0n) is 15.9. The SMILES string of the molecule is COc1cccc(C(=O)Nc2cc(C)nn2-c2nc3c(F)cccc3s2)c1OC. The maximum absolute atomic E-state index is 14.0. The minimum Gasteiger partial charge on any atom is -0.493 e. The Morgan fingerprint density at radius 3 is 2.69 bits per heavy atom. The number of para-hydroxylation sites is 2. The molecule has 0 aliphatic carbocycles. The minimum atomic E-state index is -0.402. The molecule has 9 heteroatoms. The van der Waals surface area contributed by atoms with E-state index in [1.807, 2.05) is 0 Å². The predicted molar refractivity (Wildman–Crippen MR) is 109 cm³/mol. The number of fused-ring (bicyclic) bond motifs is 1. The third-order valence-corrected chi connectivity index (χ3v) is 5.26. The molecule has 0 spiro atoms. The van der Waals surface area contributed by atoms with Gasteiger partial charge in [0.05, 0.1) is 30.2 Å². The van der Waals surface area contributed by atoms with Gasteiger partial charge in [0.1, 0.15) is 17.2 Å². The third kappa shape index (κ3) is 3.40. The fourth-order valence-electron chi connectivity index (χ4n) is 2.98. The number of nitrogens with one attached hydrogen (secondary N) is 1. The largest absolute Gasteiger partial charge is 0.493 e. The van der Waals surface area contributed by atoms with Crippen molar-refractivity contribution in [1.82, 2.24) is 14.8 Å². The van der Waals surface area contributed by atoms with E-state index in [4.69, 9.17) is 9.47 Å². The molecule has 148 valence electrons. The van der Waals surface area contributed by atoms with E-state index in [2.05, 4.69) is 15.4 Å². The molecule has 2 heterocycles. The van der Waals surface area contributed by atoms with Crippen LogP contribution >= 0.6 is 11.3 Å². The lowest BCUT2D eigenvalue weighted by Crippen LogP contribution is -2.16. The Bertz CT molecular complexity index is 1220. The topological polar surface area (TPSA) is 78.3 Å². The van der Waals surface area contributed by atoms with Crippen LogP contribution in [0.4, 0.5) is 10.2 Å². The fraction of sp³-hybridized carbons (Fsp3) is 0.150. The van der Waals surface area contributed by atoms with E-state index in [0.29, 0.717) is 38.4 Å². The van der Waals surface area contributed by atoms with Gasteiger partial charge >= 0.3 is 0 Å². The first-order chi connectivity index (χ1) is 14.0. The Labute approximate surface area is 169 Å². The lowest BCUT2D eigenvalue weighted by molar-refractivity contribution is 0.102. The highest BCUT2D eigenvalue weighted by atomic mass is 32.1. The third-order valence-electron chi connectivity index (χ3n) is 4.26. The van der Waals surface area contributed by atoms with Crippen molar-refractivity contribution in [3.63, 3.8) is 0 Å². The Morgan fingerprint density at radius 1 is 1.17 bits per heavy atom. The Morgan fingerprint density at radius 2 is 1.97 bits per heavy atom. The highest BCUT2D eigenvalue weighted by Gasteiger charge is 2.20. The summed E-state index contributed by atoms with van der Waals surface area (Å²) >= 11 is 1.28. The van der Waals surface area contributed by atoms with Crippen molar-refractivity contribution in [2.45, 2.75) is 6.92 Å². The normalized spacial score (nSPS) is 10.9. The summed E-state index contributed by atoms with van der Waals surface area (Å²) in [5.41, 5.74) is 1.26. The van der Waals surface area contributed by atoms with E-state index in [1.54, 1.807) is 43.3 Å². The van der Waals surface area contributed by atoms with E-state index in [0.717, 1.165) is 0 Å². The van der Waals surface area contributed by atoms with Crippen molar-refractivity contribution in [1.29, 1.82) is 0 Å². The van der Waals surface area contributed by atoms with Gasteiger partial charge in [0.25, 0.3) is 5.91 Å². The number of methoxy groups -OCH3 is 2. The average molecular weight is 412 g/mol. The molecule has 1 N–H and O–H groups in total. The highest BCUT2D eigenvalue weighted by Crippen LogP contribution is 2.32. The fourth-order valence-corrected chi connectivity index (χ4v) is 3.92. The minimum absolute atomic E-state index is 0.271. The molecule has 1 amide bonds. The van der Waals surface area contributed by atoms with Gasteiger partial charge in [0.2, 0.25) is 5.13 Å². The van der Waals surface area contributed by atoms with E-state index in [-0.39, 0.29) is 5.52 Å². The van der Waals surface area contributed by atoms with E-state index < -0.39 is 11.7 Å². The predicted octanol–water partition coefficient (Wildman–Crippen LogP) is 4.20. The number of aryl methyl sites for hydroxylation is 1. The van der Waals surface area contributed by atoms with Crippen LogP contribution in [0.2, 0.25) is 0 Å². The average Bonchev–Trinajstić information content (AvgIpc) is 3.31. The van der Waals surface area contributed by atoms with Crippen molar-refractivity contribution >= 4 is 33.3 Å². The quantitative estimate of drug-likeness (QED) is 0.532. The molecule has 29 heavy (non-hydrogen) atoms. The van der Waals surface area contributed by atoms with Crippen LogP contribution in [0.25, 0.3) is 15.3 Å². The summed E-state index contributed by atoms with van der Waals surface area (Å²) in [7, 11) is 2.98. The van der Waals surface area contributed by atoms with Gasteiger partial charge in [0.15, 0.2) is 11.5 Å². The molecule has 0 radical (unpaired) electrons. The number of nitrogens with zero attached hydrogens (tertiary/aromatic N) is 3. The van der Waals surface area contributed by atoms with Crippen molar-refractivity contribution in [2.75, 3.05) is 19.5 Å². The monoisotopic (exact) mass is 412 g/mol. The maximum Gasteiger partial charge on any atom is 0.260 e. The number of carbonyl (C=O) groups is 1. The van der Waals surface area contributed by atoms with Crippen LogP contribution < -0.4 is 14.8 Å². The Balaban J connectivity index is 1.72. The highest BCUT2D eigenvalue weighted by molar-refractivity contribution is 7.20. The molecule has 0 saturated carbocycles. The second-order valence-corrected chi connectivity index (χ2v) is 7.17. The number of amides is 1. The van der Waals surface area contributed by atoms with E-state index in [9.17, 15) is 9.18 Å². The summed E-state index contributed by atoms with van der Waals surface area (Å²) in [5.74, 6) is 0.399. The molecule has 0 bridgehead atoms. The van der Waals surface area contributed by atoms with Crippen LogP contribution in [0, 0.1) is 12.7 Å². The first-order valence-electron chi connectivity index (χ1n) is 8.66. The summed E-state index contributed by atoms with van der Waals surface area (Å²) in [6, 6.07) is 11.5. The molecule has 0 unspecified atom stereocenters. The van der Waals surface area contributed by atoms with E-state index >= 15 is 0 Å². The van der Waals surface area contributed by atoms with Crippen LogP contribution in [-0.4, -0.2) is 34.9 Å². The standard InChI is InChI=1S/C20H17FN4O3S/c1-11-10-16(22-19(26)12-6-4-8-14(27-2)18(12)28-3)25(24-11)20-23-17-13(21)7-5-9-15(17)29-20/h4-10H,1-3H3,(H,22,26). The van der Waals surface area contributed by atoms with Gasteiger partial charge in [-0.25, -0.2) is 9.37 Å². The van der Waals surface area contributed by atoms with Gasteiger partial charge in [-0.3, -0.25) is 4.79 Å². The first-order valence-corrected chi connectivity index (χ1v) is 9.48. The molecule has 7 nitrogen and oxygen atoms in total. The van der Waals surface area contributed by atoms with Crippen molar-refractivity contribution in [3.8, 4) is 16.6 Å². The molecule has 2 aromatic carbocycles. The number of hydrogen-bond donors (Lipinski definition) is 1. The second kappa shape index (κ2) is 7.51. The van der Waals surface area contributed by atoms with Gasteiger partial charge < -0.3 is 14.8 Å². The smallest absolute Gasteiger partial charge is 0.260 e. The Kier molecular flexibility index (Phi) is 4.89. The van der Waals surface area contributed by atoms with Crippen molar-refractivity contribution < 1.29 is 18.7 Å². The zero-order chi connectivity index (χ0) is 20.5. The molecular weight excluding hydrogens is 395 g/mol. The first kappa shape index (κ1) is 18.9. The van der Waals surface area contributed by atoms with Crippen LogP contribution in [0.5, 0.6) is 11.5 Å². The number of hydrogen-bond acceptors (Lipinski definition) is 6. The van der Waals surface area contributed by atoms with Crippen molar-refractivity contribution in [3.05, 3.63) is 59.5 Å². The van der Waals surface area contributed by atoms with E-state index in [1.165, 1.54) is 36.3 Å². The van der Waals surface area contributed by atoms with Gasteiger partial charge in [-0.05, 0) is 31.2 Å². The van der Waals surface area contributed by atoms with Gasteiger partial charge in [-0.15, -0.1) is 0 Å². The number of aromatic nitrogens is 3. The van der Waals surface area contributed by atoms with Crippen LogP contribution in [0.1, 0.15) is 16.1 Å². The van der Waals surface area contributed by atoms with Gasteiger partial charge in [0, 0.05) is 6.07 Å². The number of rotatable bonds is 5. The Hall–Kier alpha value is -3.46. The number of benzene rings is 2. The van der Waals surface area contributed by atoms with Crippen LogP contribution in [-0.2, 0) is 0 Å². The molecular formula is C20H17FN4O3S. The molecule has 0 aliphatic rings. The second-order valence-electron chi connectivity index (χ2n) is 6.16. The zero-order valence-corrected chi connectivity index (χ0v) is 16.7. The number of anilines is 1. The molecule has 0 saturated heterocycles. The van der Waals surface area contributed by atoms with Crippen molar-refractivity contribution in [2.24, 2.45) is 0 Å². The van der Waals surface area contributed by atoms with Gasteiger partial charge in [-0.2, -0.15) is 9.78 Å².